The van der Waals surface area contributed by atoms with E-state index in [1.165, 1.54) is 12.1 Å². The largest absolute Gasteiger partial charge is 0.250 e. The molecule has 0 amide bonds. The lowest BCUT2D eigenvalue weighted by Crippen LogP contribution is -2.25. The van der Waals surface area contributed by atoms with Crippen LogP contribution in [0.2, 0.25) is 0 Å². The summed E-state index contributed by atoms with van der Waals surface area (Å²) in [4.78, 5) is 2.82. The summed E-state index contributed by atoms with van der Waals surface area (Å²) < 4.78 is 25.5. The Morgan fingerprint density at radius 2 is 2.38 bits per heavy atom. The number of azide groups is 1. The number of sulfonamides is 1. The van der Waals surface area contributed by atoms with Crippen LogP contribution in [-0.2, 0) is 10.0 Å². The second kappa shape index (κ2) is 5.48. The van der Waals surface area contributed by atoms with Gasteiger partial charge < -0.3 is 0 Å². The average Bonchev–Trinajstić information content (AvgIpc) is 2.73. The molecule has 1 N–H and O–H groups in total. The molecule has 0 aliphatic carbocycles. The van der Waals surface area contributed by atoms with Gasteiger partial charge in [-0.05, 0) is 17.7 Å². The first kappa shape index (κ1) is 12.5. The van der Waals surface area contributed by atoms with E-state index in [0.29, 0.717) is 4.88 Å². The first-order valence-corrected chi connectivity index (χ1v) is 6.40. The second-order valence-electron chi connectivity index (χ2n) is 2.58. The highest BCUT2D eigenvalue weighted by molar-refractivity contribution is 7.91. The van der Waals surface area contributed by atoms with Gasteiger partial charge >= 0.3 is 0 Å². The highest BCUT2D eigenvalue weighted by Crippen LogP contribution is 2.20. The van der Waals surface area contributed by atoms with Gasteiger partial charge in [0.2, 0.25) is 10.0 Å². The van der Waals surface area contributed by atoms with Crippen LogP contribution in [-0.4, -0.2) is 21.5 Å². The minimum atomic E-state index is -3.60. The fourth-order valence-electron chi connectivity index (χ4n) is 0.871. The summed E-state index contributed by atoms with van der Waals surface area (Å²) in [5.74, 6) is 0. The van der Waals surface area contributed by atoms with Gasteiger partial charge in [-0.15, -0.1) is 11.3 Å². The molecule has 84 valence electrons. The molecule has 0 saturated heterocycles. The van der Waals surface area contributed by atoms with E-state index in [9.17, 15) is 8.42 Å². The Labute approximate surface area is 96.0 Å². The molecule has 0 aliphatic rings. The van der Waals surface area contributed by atoms with Crippen molar-refractivity contribution in [2.24, 2.45) is 5.11 Å². The van der Waals surface area contributed by atoms with Crippen molar-refractivity contribution in [1.29, 1.82) is 5.26 Å². The van der Waals surface area contributed by atoms with Gasteiger partial charge in [0.05, 0.1) is 0 Å². The molecule has 1 heterocycles. The summed E-state index contributed by atoms with van der Waals surface area (Å²) in [7, 11) is -3.60. The lowest BCUT2D eigenvalue weighted by Gasteiger charge is -2.01. The molecule has 0 atom stereocenters. The Kier molecular flexibility index (Phi) is 4.28. The van der Waals surface area contributed by atoms with Crippen LogP contribution in [0.4, 0.5) is 0 Å². The zero-order valence-corrected chi connectivity index (χ0v) is 9.62. The number of nitrogens with zero attached hydrogens (tertiary/aromatic N) is 4. The van der Waals surface area contributed by atoms with Crippen molar-refractivity contribution in [2.75, 3.05) is 13.1 Å². The fraction of sp³-hybridized carbons (Fsp3) is 0.286. The summed E-state index contributed by atoms with van der Waals surface area (Å²) >= 11 is 0.889. The summed E-state index contributed by atoms with van der Waals surface area (Å²) in [5, 5.41) is 11.7. The average molecular weight is 257 g/mol. The third-order valence-corrected chi connectivity index (χ3v) is 4.47. The van der Waals surface area contributed by atoms with Crippen LogP contribution < -0.4 is 4.72 Å². The Bertz CT molecular complexity index is 550. The van der Waals surface area contributed by atoms with Crippen LogP contribution in [0, 0.1) is 11.3 Å². The Morgan fingerprint density at radius 3 is 2.94 bits per heavy atom. The van der Waals surface area contributed by atoms with Gasteiger partial charge in [0.15, 0.2) is 0 Å². The van der Waals surface area contributed by atoms with E-state index in [1.807, 2.05) is 6.07 Å². The maximum atomic E-state index is 11.6. The highest BCUT2D eigenvalue weighted by atomic mass is 32.2. The molecule has 9 heteroatoms. The zero-order valence-electron chi connectivity index (χ0n) is 7.99. The smallest absolute Gasteiger partial charge is 0.210 e. The van der Waals surface area contributed by atoms with Gasteiger partial charge in [-0.1, -0.05) is 5.11 Å². The summed E-state index contributed by atoms with van der Waals surface area (Å²) in [6.07, 6.45) is 0. The summed E-state index contributed by atoms with van der Waals surface area (Å²) in [6.45, 7) is 0.0817. The quantitative estimate of drug-likeness (QED) is 0.369. The molecule has 7 nitrogen and oxygen atoms in total. The van der Waals surface area contributed by atoms with Crippen LogP contribution in [0.1, 0.15) is 4.88 Å². The minimum Gasteiger partial charge on any atom is -0.210 e. The van der Waals surface area contributed by atoms with Crippen molar-refractivity contribution < 1.29 is 8.42 Å². The predicted molar refractivity (Wildman–Crippen MR) is 58.2 cm³/mol. The Morgan fingerprint density at radius 1 is 1.62 bits per heavy atom. The van der Waals surface area contributed by atoms with Gasteiger partial charge in [-0.3, -0.25) is 0 Å². The lowest BCUT2D eigenvalue weighted by molar-refractivity contribution is 0.584. The third-order valence-electron chi connectivity index (χ3n) is 1.52. The molecule has 0 unspecified atom stereocenters. The number of rotatable bonds is 5. The minimum absolute atomic E-state index is 0.0339. The van der Waals surface area contributed by atoms with E-state index < -0.39 is 10.0 Å². The van der Waals surface area contributed by atoms with Crippen molar-refractivity contribution >= 4 is 21.4 Å². The molecular weight excluding hydrogens is 250 g/mol. The van der Waals surface area contributed by atoms with Crippen molar-refractivity contribution in [3.05, 3.63) is 27.5 Å². The van der Waals surface area contributed by atoms with Crippen molar-refractivity contribution in [2.45, 2.75) is 4.21 Å². The molecule has 16 heavy (non-hydrogen) atoms. The topological polar surface area (TPSA) is 119 Å². The number of nitriles is 1. The van der Waals surface area contributed by atoms with Crippen LogP contribution in [0.15, 0.2) is 21.5 Å². The SMILES string of the molecule is N#Cc1ccc(S(=O)(=O)NCCN=[N+]=[N-])s1. The number of thiophene rings is 1. The van der Waals surface area contributed by atoms with Crippen LogP contribution in [0.5, 0.6) is 0 Å². The van der Waals surface area contributed by atoms with E-state index in [4.69, 9.17) is 10.8 Å². The van der Waals surface area contributed by atoms with Gasteiger partial charge in [-0.2, -0.15) is 5.26 Å². The molecule has 0 bridgehead atoms. The first-order valence-electron chi connectivity index (χ1n) is 4.10. The van der Waals surface area contributed by atoms with Crippen molar-refractivity contribution in [3.63, 3.8) is 0 Å². The van der Waals surface area contributed by atoms with E-state index in [-0.39, 0.29) is 17.3 Å². The molecule has 0 aromatic carbocycles. The highest BCUT2D eigenvalue weighted by Gasteiger charge is 2.15. The predicted octanol–water partition coefficient (Wildman–Crippen LogP) is 1.21. The van der Waals surface area contributed by atoms with Crippen LogP contribution in [0.3, 0.4) is 0 Å². The monoisotopic (exact) mass is 257 g/mol. The maximum Gasteiger partial charge on any atom is 0.250 e. The van der Waals surface area contributed by atoms with Crippen LogP contribution >= 0.6 is 11.3 Å². The molecule has 0 spiro atoms. The van der Waals surface area contributed by atoms with Gasteiger partial charge in [0.25, 0.3) is 0 Å². The summed E-state index contributed by atoms with van der Waals surface area (Å²) in [5.41, 5.74) is 8.00. The normalized spacial score (nSPS) is 10.4. The molecule has 0 radical (unpaired) electrons. The molecule has 0 fully saturated rings. The van der Waals surface area contributed by atoms with Crippen molar-refractivity contribution in [1.82, 2.24) is 4.72 Å². The third kappa shape index (κ3) is 3.22. The molecule has 1 aromatic heterocycles. The fourth-order valence-corrected chi connectivity index (χ4v) is 3.04. The van der Waals surface area contributed by atoms with E-state index in [0.717, 1.165) is 11.3 Å². The number of nitrogens with one attached hydrogen (secondary N) is 1. The molecule has 0 saturated carbocycles. The second-order valence-corrected chi connectivity index (χ2v) is 5.66. The molecular formula is C7H7N5O2S2. The Hall–Kier alpha value is -1.59. The van der Waals surface area contributed by atoms with Gasteiger partial charge in [0.1, 0.15) is 15.2 Å². The van der Waals surface area contributed by atoms with E-state index in [2.05, 4.69) is 14.7 Å². The van der Waals surface area contributed by atoms with Crippen molar-refractivity contribution in [3.8, 4) is 6.07 Å². The summed E-state index contributed by atoms with van der Waals surface area (Å²) in [6, 6.07) is 4.65. The molecule has 1 rings (SSSR count). The standard InChI is InChI=1S/C7H7N5O2S2/c8-5-6-1-2-7(15-6)16(13,14)11-4-3-10-12-9/h1-2,11H,3-4H2. The van der Waals surface area contributed by atoms with Gasteiger partial charge in [0, 0.05) is 18.0 Å². The number of hydrogen-bond donors (Lipinski definition) is 1. The number of hydrogen-bond acceptors (Lipinski definition) is 5. The van der Waals surface area contributed by atoms with Crippen LogP contribution in [0.25, 0.3) is 10.4 Å². The molecule has 1 aromatic rings. The van der Waals surface area contributed by atoms with Gasteiger partial charge in [-0.25, -0.2) is 13.1 Å². The van der Waals surface area contributed by atoms with E-state index >= 15 is 0 Å². The van der Waals surface area contributed by atoms with E-state index in [1.54, 1.807) is 0 Å². The maximum absolute atomic E-state index is 11.6. The first-order chi connectivity index (χ1) is 7.60. The lowest BCUT2D eigenvalue weighted by atomic mass is 10.5. The Balaban J connectivity index is 2.71. The molecule has 0 aliphatic heterocycles. The zero-order chi connectivity index (χ0) is 12.0.